The molecule has 0 aliphatic carbocycles. The Morgan fingerprint density at radius 2 is 1.71 bits per heavy atom. The summed E-state index contributed by atoms with van der Waals surface area (Å²) in [5.41, 5.74) is 0. The van der Waals surface area contributed by atoms with Gasteiger partial charge in [-0.15, -0.1) is 0 Å². The molecule has 0 amide bonds. The van der Waals surface area contributed by atoms with Gasteiger partial charge in [0.05, 0.1) is 6.10 Å². The smallest absolute Gasteiger partial charge is 0.0521 e. The zero-order valence-electron chi connectivity index (χ0n) is 8.71. The minimum absolute atomic E-state index is 0.238. The first-order chi connectivity index (χ1) is 6.77. The fourth-order valence-electron chi connectivity index (χ4n) is 0.820. The molecule has 1 atom stereocenters. The van der Waals surface area contributed by atoms with E-state index in [1.54, 1.807) is 6.92 Å². The molecule has 0 rings (SSSR count). The van der Waals surface area contributed by atoms with E-state index in [0.29, 0.717) is 12.8 Å². The monoisotopic (exact) mass is 194 g/mol. The lowest BCUT2D eigenvalue weighted by Gasteiger charge is -1.95. The molecule has 0 aromatic rings. The molecule has 0 saturated carbocycles. The van der Waals surface area contributed by atoms with Crippen LogP contribution >= 0.6 is 0 Å². The lowest BCUT2D eigenvalue weighted by Crippen LogP contribution is -1.96. The van der Waals surface area contributed by atoms with Crippen molar-refractivity contribution in [2.75, 3.05) is 6.61 Å². The lowest BCUT2D eigenvalue weighted by molar-refractivity contribution is 0.186. The molecule has 0 radical (unpaired) electrons. The van der Waals surface area contributed by atoms with Crippen molar-refractivity contribution in [1.82, 2.24) is 0 Å². The minimum Gasteiger partial charge on any atom is -0.396 e. The molecule has 0 aliphatic rings. The summed E-state index contributed by atoms with van der Waals surface area (Å²) in [5.74, 6) is 11.3. The summed E-state index contributed by atoms with van der Waals surface area (Å²) in [5, 5.41) is 17.4. The van der Waals surface area contributed by atoms with E-state index in [-0.39, 0.29) is 12.7 Å². The van der Waals surface area contributed by atoms with E-state index in [2.05, 4.69) is 23.7 Å². The molecule has 2 nitrogen and oxygen atoms in total. The first-order valence-corrected chi connectivity index (χ1v) is 5.02. The van der Waals surface area contributed by atoms with Crippen molar-refractivity contribution < 1.29 is 10.2 Å². The fraction of sp³-hybridized carbons (Fsp3) is 0.667. The van der Waals surface area contributed by atoms with Crippen molar-refractivity contribution in [3.63, 3.8) is 0 Å². The molecule has 0 aliphatic heterocycles. The maximum absolute atomic E-state index is 8.92. The van der Waals surface area contributed by atoms with Crippen LogP contribution in [0.2, 0.25) is 0 Å². The third-order valence-electron chi connectivity index (χ3n) is 1.64. The van der Waals surface area contributed by atoms with Crippen LogP contribution in [-0.2, 0) is 0 Å². The highest BCUT2D eigenvalue weighted by Crippen LogP contribution is 1.93. The first-order valence-electron chi connectivity index (χ1n) is 5.02. The van der Waals surface area contributed by atoms with Crippen molar-refractivity contribution >= 4 is 0 Å². The topological polar surface area (TPSA) is 40.5 Å². The summed E-state index contributed by atoms with van der Waals surface area (Å²) in [6.07, 6.45) is 3.67. The predicted molar refractivity (Wildman–Crippen MR) is 57.4 cm³/mol. The largest absolute Gasteiger partial charge is 0.396 e. The van der Waals surface area contributed by atoms with Crippen LogP contribution in [0.25, 0.3) is 0 Å². The van der Waals surface area contributed by atoms with Crippen molar-refractivity contribution in [3.05, 3.63) is 0 Å². The third-order valence-corrected chi connectivity index (χ3v) is 1.64. The summed E-state index contributed by atoms with van der Waals surface area (Å²) >= 11 is 0. The molecule has 0 aromatic carbocycles. The number of hydrogen-bond acceptors (Lipinski definition) is 2. The number of unbranched alkanes of at least 4 members (excludes halogenated alkanes) is 2. The second-order valence-corrected chi connectivity index (χ2v) is 3.17. The highest BCUT2D eigenvalue weighted by Gasteiger charge is 1.89. The van der Waals surface area contributed by atoms with Gasteiger partial charge < -0.3 is 10.2 Å². The predicted octanol–water partition coefficient (Wildman–Crippen LogP) is 1.32. The highest BCUT2D eigenvalue weighted by atomic mass is 16.3. The summed E-state index contributed by atoms with van der Waals surface area (Å²) in [6.45, 7) is 1.99. The SMILES string of the molecule is CC(O)CCC#CC#CCCCCO. The minimum atomic E-state index is -0.276. The van der Waals surface area contributed by atoms with Crippen LogP contribution in [-0.4, -0.2) is 22.9 Å². The molecule has 2 heteroatoms. The van der Waals surface area contributed by atoms with Crippen LogP contribution in [0.5, 0.6) is 0 Å². The summed E-state index contributed by atoms with van der Waals surface area (Å²) in [6, 6.07) is 0. The molecular formula is C12H18O2. The van der Waals surface area contributed by atoms with Crippen molar-refractivity contribution in [1.29, 1.82) is 0 Å². The Labute approximate surface area is 86.3 Å². The number of aliphatic hydroxyl groups is 2. The van der Waals surface area contributed by atoms with Crippen LogP contribution in [0.15, 0.2) is 0 Å². The quantitative estimate of drug-likeness (QED) is 0.512. The molecule has 0 bridgehead atoms. The van der Waals surface area contributed by atoms with Gasteiger partial charge in [0.25, 0.3) is 0 Å². The first kappa shape index (κ1) is 13.0. The zero-order chi connectivity index (χ0) is 10.6. The molecule has 0 fully saturated rings. The van der Waals surface area contributed by atoms with Gasteiger partial charge in [0, 0.05) is 19.4 Å². The Morgan fingerprint density at radius 3 is 2.29 bits per heavy atom. The van der Waals surface area contributed by atoms with Crippen LogP contribution < -0.4 is 0 Å². The Kier molecular flexibility index (Phi) is 9.43. The fourth-order valence-corrected chi connectivity index (χ4v) is 0.820. The second-order valence-electron chi connectivity index (χ2n) is 3.17. The van der Waals surface area contributed by atoms with Crippen LogP contribution in [0.4, 0.5) is 0 Å². The van der Waals surface area contributed by atoms with E-state index in [9.17, 15) is 0 Å². The van der Waals surface area contributed by atoms with Gasteiger partial charge >= 0.3 is 0 Å². The summed E-state index contributed by atoms with van der Waals surface area (Å²) < 4.78 is 0. The van der Waals surface area contributed by atoms with Gasteiger partial charge in [0.15, 0.2) is 0 Å². The number of rotatable bonds is 5. The number of aliphatic hydroxyl groups excluding tert-OH is 2. The van der Waals surface area contributed by atoms with Crippen molar-refractivity contribution in [3.8, 4) is 23.7 Å². The van der Waals surface area contributed by atoms with Crippen molar-refractivity contribution in [2.45, 2.75) is 45.1 Å². The lowest BCUT2D eigenvalue weighted by atomic mass is 10.2. The molecule has 1 unspecified atom stereocenters. The average Bonchev–Trinajstić information content (AvgIpc) is 2.15. The van der Waals surface area contributed by atoms with Gasteiger partial charge in [-0.25, -0.2) is 0 Å². The van der Waals surface area contributed by atoms with E-state index in [4.69, 9.17) is 10.2 Å². The normalized spacial score (nSPS) is 10.8. The molecule has 0 saturated heterocycles. The van der Waals surface area contributed by atoms with E-state index >= 15 is 0 Å². The highest BCUT2D eigenvalue weighted by molar-refractivity contribution is 5.25. The second kappa shape index (κ2) is 10.1. The maximum atomic E-state index is 8.92. The standard InChI is InChI=1S/C12H18O2/c1-12(14)10-8-6-4-2-3-5-7-9-11-13/h12-14H,5,7-11H2,1H3. The van der Waals surface area contributed by atoms with Gasteiger partial charge in [0.1, 0.15) is 0 Å². The van der Waals surface area contributed by atoms with Gasteiger partial charge in [-0.05, 0) is 38.0 Å². The summed E-state index contributed by atoms with van der Waals surface area (Å²) in [4.78, 5) is 0. The third kappa shape index (κ3) is 11.0. The van der Waals surface area contributed by atoms with E-state index in [1.165, 1.54) is 0 Å². The average molecular weight is 194 g/mol. The van der Waals surface area contributed by atoms with Gasteiger partial charge in [0.2, 0.25) is 0 Å². The van der Waals surface area contributed by atoms with Gasteiger partial charge in [-0.3, -0.25) is 0 Å². The van der Waals surface area contributed by atoms with Crippen LogP contribution in [0.1, 0.15) is 39.0 Å². The molecular weight excluding hydrogens is 176 g/mol. The van der Waals surface area contributed by atoms with Gasteiger partial charge in [-0.1, -0.05) is 11.8 Å². The Hall–Kier alpha value is -0.960. The van der Waals surface area contributed by atoms with E-state index in [1.807, 2.05) is 0 Å². The molecule has 2 N–H and O–H groups in total. The van der Waals surface area contributed by atoms with Gasteiger partial charge in [-0.2, -0.15) is 0 Å². The molecule has 14 heavy (non-hydrogen) atoms. The van der Waals surface area contributed by atoms with E-state index < -0.39 is 0 Å². The van der Waals surface area contributed by atoms with Crippen molar-refractivity contribution in [2.24, 2.45) is 0 Å². The van der Waals surface area contributed by atoms with E-state index in [0.717, 1.165) is 19.3 Å². The molecule has 78 valence electrons. The maximum Gasteiger partial charge on any atom is 0.0521 e. The summed E-state index contributed by atoms with van der Waals surface area (Å²) in [7, 11) is 0. The molecule has 0 spiro atoms. The Morgan fingerprint density at radius 1 is 1.07 bits per heavy atom. The molecule has 0 heterocycles. The Bertz CT molecular complexity index is 235. The Balaban J connectivity index is 3.39. The number of hydrogen-bond donors (Lipinski definition) is 2. The van der Waals surface area contributed by atoms with Crippen LogP contribution in [0.3, 0.4) is 0 Å². The molecule has 0 aromatic heterocycles. The van der Waals surface area contributed by atoms with Crippen LogP contribution in [0, 0.1) is 23.7 Å². The zero-order valence-corrected chi connectivity index (χ0v) is 8.71.